The van der Waals surface area contributed by atoms with E-state index in [0.29, 0.717) is 0 Å². The zero-order chi connectivity index (χ0) is 11.5. The number of hydrogen-bond acceptors (Lipinski definition) is 0. The number of hydrogen-bond donors (Lipinski definition) is 0. The van der Waals surface area contributed by atoms with Crippen LogP contribution in [0.25, 0.3) is 5.57 Å². The van der Waals surface area contributed by atoms with Gasteiger partial charge >= 0.3 is 0 Å². The van der Waals surface area contributed by atoms with Gasteiger partial charge in [-0.1, -0.05) is 30.7 Å². The van der Waals surface area contributed by atoms with Crippen LogP contribution in [0.4, 0.5) is 0 Å². The summed E-state index contributed by atoms with van der Waals surface area (Å²) >= 11 is 0. The molecule has 0 fully saturated rings. The molecule has 0 amide bonds. The minimum absolute atomic E-state index is 1.29. The van der Waals surface area contributed by atoms with Crippen molar-refractivity contribution in [1.29, 1.82) is 0 Å². The van der Waals surface area contributed by atoms with Gasteiger partial charge in [-0.2, -0.15) is 0 Å². The molecule has 3 rings (SSSR count). The quantitative estimate of drug-likeness (QED) is 0.638. The lowest BCUT2D eigenvalue weighted by molar-refractivity contribution is 0.683. The largest absolute Gasteiger partial charge is 0.0807 e. The van der Waals surface area contributed by atoms with Crippen LogP contribution in [0.5, 0.6) is 0 Å². The van der Waals surface area contributed by atoms with Crippen molar-refractivity contribution in [3.63, 3.8) is 0 Å². The lowest BCUT2D eigenvalue weighted by Crippen LogP contribution is -2.05. The SMILES string of the molecule is C1=C(c2cccc3c2CCCC3)CCCCC1. The first-order valence-corrected chi connectivity index (χ1v) is 7.25. The van der Waals surface area contributed by atoms with Gasteiger partial charge in [0, 0.05) is 0 Å². The van der Waals surface area contributed by atoms with Crippen LogP contribution in [0, 0.1) is 0 Å². The van der Waals surface area contributed by atoms with Crippen molar-refractivity contribution in [3.05, 3.63) is 41.0 Å². The van der Waals surface area contributed by atoms with Gasteiger partial charge < -0.3 is 0 Å². The van der Waals surface area contributed by atoms with Gasteiger partial charge in [0.2, 0.25) is 0 Å². The number of aryl methyl sites for hydroxylation is 1. The third-order valence-electron chi connectivity index (χ3n) is 4.28. The van der Waals surface area contributed by atoms with E-state index in [1.807, 2.05) is 0 Å². The summed E-state index contributed by atoms with van der Waals surface area (Å²) in [6.07, 6.45) is 14.7. The summed E-state index contributed by atoms with van der Waals surface area (Å²) < 4.78 is 0. The van der Waals surface area contributed by atoms with E-state index < -0.39 is 0 Å². The zero-order valence-electron chi connectivity index (χ0n) is 10.7. The van der Waals surface area contributed by atoms with Gasteiger partial charge in [-0.05, 0) is 73.6 Å². The van der Waals surface area contributed by atoms with Crippen molar-refractivity contribution >= 4 is 5.57 Å². The molecule has 0 spiro atoms. The summed E-state index contributed by atoms with van der Waals surface area (Å²) in [7, 11) is 0. The van der Waals surface area contributed by atoms with Gasteiger partial charge in [-0.15, -0.1) is 0 Å². The van der Waals surface area contributed by atoms with Crippen LogP contribution in [0.15, 0.2) is 24.3 Å². The van der Waals surface area contributed by atoms with Crippen molar-refractivity contribution in [2.45, 2.75) is 57.8 Å². The third-order valence-corrected chi connectivity index (χ3v) is 4.28. The van der Waals surface area contributed by atoms with E-state index in [0.717, 1.165) is 0 Å². The molecular weight excluding hydrogens is 204 g/mol. The molecule has 0 atom stereocenters. The fourth-order valence-corrected chi connectivity index (χ4v) is 3.34. The van der Waals surface area contributed by atoms with Gasteiger partial charge in [-0.25, -0.2) is 0 Å². The van der Waals surface area contributed by atoms with E-state index in [2.05, 4.69) is 24.3 Å². The molecule has 0 N–H and O–H groups in total. The van der Waals surface area contributed by atoms with Crippen molar-refractivity contribution in [1.82, 2.24) is 0 Å². The van der Waals surface area contributed by atoms with Crippen LogP contribution in [-0.2, 0) is 12.8 Å². The van der Waals surface area contributed by atoms with Crippen molar-refractivity contribution in [2.75, 3.05) is 0 Å². The highest BCUT2D eigenvalue weighted by Crippen LogP contribution is 2.33. The monoisotopic (exact) mass is 226 g/mol. The second-order valence-corrected chi connectivity index (χ2v) is 5.48. The lowest BCUT2D eigenvalue weighted by Gasteiger charge is -2.20. The topological polar surface area (TPSA) is 0 Å². The number of fused-ring (bicyclic) bond motifs is 1. The standard InChI is InChI=1S/C17H22/c1-2-4-9-14(8-3-1)17-13-7-11-15-10-5-6-12-16(15)17/h7-8,11,13H,1-6,9-10,12H2. The molecule has 0 heteroatoms. The van der Waals surface area contributed by atoms with Crippen LogP contribution < -0.4 is 0 Å². The van der Waals surface area contributed by atoms with Crippen LogP contribution in [0.2, 0.25) is 0 Å². The van der Waals surface area contributed by atoms with E-state index in [1.54, 1.807) is 22.3 Å². The molecule has 0 radical (unpaired) electrons. The van der Waals surface area contributed by atoms with Gasteiger partial charge in [0.1, 0.15) is 0 Å². The smallest absolute Gasteiger partial charge is 0.0193 e. The Balaban J connectivity index is 1.99. The molecule has 0 heterocycles. The normalized spacial score (nSPS) is 20.4. The molecule has 0 saturated heterocycles. The van der Waals surface area contributed by atoms with E-state index in [1.165, 1.54) is 57.8 Å². The van der Waals surface area contributed by atoms with E-state index in [9.17, 15) is 0 Å². The number of rotatable bonds is 1. The summed E-state index contributed by atoms with van der Waals surface area (Å²) in [6.45, 7) is 0. The predicted molar refractivity (Wildman–Crippen MR) is 74.1 cm³/mol. The molecule has 0 nitrogen and oxygen atoms in total. The average molecular weight is 226 g/mol. The molecule has 0 saturated carbocycles. The summed E-state index contributed by atoms with van der Waals surface area (Å²) in [4.78, 5) is 0. The first kappa shape index (κ1) is 11.1. The Hall–Kier alpha value is -1.04. The molecule has 90 valence electrons. The van der Waals surface area contributed by atoms with Gasteiger partial charge in [0.05, 0.1) is 0 Å². The van der Waals surface area contributed by atoms with Gasteiger partial charge in [-0.3, -0.25) is 0 Å². The molecule has 1 aromatic rings. The first-order chi connectivity index (χ1) is 8.45. The molecule has 2 aliphatic rings. The number of benzene rings is 1. The van der Waals surface area contributed by atoms with Crippen LogP contribution in [0.1, 0.15) is 61.6 Å². The Bertz CT molecular complexity index is 426. The maximum Gasteiger partial charge on any atom is -0.0193 e. The third kappa shape index (κ3) is 2.31. The highest BCUT2D eigenvalue weighted by Gasteiger charge is 2.15. The molecule has 0 bridgehead atoms. The second-order valence-electron chi connectivity index (χ2n) is 5.48. The Morgan fingerprint density at radius 3 is 2.65 bits per heavy atom. The highest BCUT2D eigenvalue weighted by molar-refractivity contribution is 5.69. The molecule has 0 unspecified atom stereocenters. The highest BCUT2D eigenvalue weighted by atomic mass is 14.2. The Kier molecular flexibility index (Phi) is 3.31. The summed E-state index contributed by atoms with van der Waals surface area (Å²) in [5.41, 5.74) is 6.52. The molecule has 17 heavy (non-hydrogen) atoms. The maximum atomic E-state index is 2.51. The van der Waals surface area contributed by atoms with Crippen molar-refractivity contribution in [3.8, 4) is 0 Å². The summed E-state index contributed by atoms with van der Waals surface area (Å²) in [6, 6.07) is 6.97. The fraction of sp³-hybridized carbons (Fsp3) is 0.529. The van der Waals surface area contributed by atoms with Gasteiger partial charge in [0.25, 0.3) is 0 Å². The minimum Gasteiger partial charge on any atom is -0.0807 e. The molecule has 0 aliphatic heterocycles. The van der Waals surface area contributed by atoms with Crippen LogP contribution >= 0.6 is 0 Å². The molecule has 2 aliphatic carbocycles. The number of allylic oxidation sites excluding steroid dienone is 2. The second kappa shape index (κ2) is 5.08. The van der Waals surface area contributed by atoms with E-state index in [4.69, 9.17) is 0 Å². The average Bonchev–Trinajstić information content (AvgIpc) is 2.67. The Labute approximate surface area is 105 Å². The molecule has 1 aromatic carbocycles. The van der Waals surface area contributed by atoms with E-state index in [-0.39, 0.29) is 0 Å². The van der Waals surface area contributed by atoms with Crippen LogP contribution in [0.3, 0.4) is 0 Å². The summed E-state index contributed by atoms with van der Waals surface area (Å²) in [5.74, 6) is 0. The van der Waals surface area contributed by atoms with Gasteiger partial charge in [0.15, 0.2) is 0 Å². The summed E-state index contributed by atoms with van der Waals surface area (Å²) in [5, 5.41) is 0. The van der Waals surface area contributed by atoms with Crippen molar-refractivity contribution < 1.29 is 0 Å². The Morgan fingerprint density at radius 1 is 0.765 bits per heavy atom. The lowest BCUT2D eigenvalue weighted by atomic mass is 9.85. The zero-order valence-corrected chi connectivity index (χ0v) is 10.7. The van der Waals surface area contributed by atoms with Crippen molar-refractivity contribution in [2.24, 2.45) is 0 Å². The van der Waals surface area contributed by atoms with Crippen LogP contribution in [-0.4, -0.2) is 0 Å². The molecular formula is C17H22. The minimum atomic E-state index is 1.29. The first-order valence-electron chi connectivity index (χ1n) is 7.25. The Morgan fingerprint density at radius 2 is 1.65 bits per heavy atom. The predicted octanol–water partition coefficient (Wildman–Crippen LogP) is 4.91. The molecule has 0 aromatic heterocycles. The van der Waals surface area contributed by atoms with E-state index >= 15 is 0 Å². The maximum absolute atomic E-state index is 2.51. The fourth-order valence-electron chi connectivity index (χ4n) is 3.34.